The van der Waals surface area contributed by atoms with E-state index in [1.165, 1.54) is 6.92 Å². The lowest BCUT2D eigenvalue weighted by molar-refractivity contribution is -0.388. The molecule has 28 atom stereocenters. The molecule has 8 rings (SSSR count). The summed E-state index contributed by atoms with van der Waals surface area (Å²) in [5.74, 6) is -1.07. The fourth-order valence-corrected chi connectivity index (χ4v) is 15.6. The SMILES string of the molecule is CC(C)=CCC[C@@](O)(CO[C@@H]1O[C@H](CO)[C@@H](O)[C@H](O)[C@H]1O)C1CC[C@]2(C)C1C(=O)CC1[C@@]3(C)CC[C@H](O[C@@H]4OC[C@@H](O)[C@H](O[C@@H]5O[C@H](CO)[C@@H](O)[C@H](O)[C@H]5O)[C@H]4O[C@@H]4O[C@@H](C)[C@H](O)[C@@H](O)[C@H]4O)C(C)(C)C3CC[C@]12C. The van der Waals surface area contributed by atoms with Crippen LogP contribution >= 0.6 is 0 Å². The number of aliphatic hydroxyl groups is 13. The molecule has 0 amide bonds. The van der Waals surface area contributed by atoms with Gasteiger partial charge in [-0.25, -0.2) is 0 Å². The molecular formula is C53H88O22. The van der Waals surface area contributed by atoms with Crippen LogP contribution < -0.4 is 0 Å². The molecule has 8 fully saturated rings. The predicted molar refractivity (Wildman–Crippen MR) is 259 cm³/mol. The van der Waals surface area contributed by atoms with E-state index < -0.39 is 164 Å². The van der Waals surface area contributed by atoms with Gasteiger partial charge in [0.15, 0.2) is 25.2 Å². The summed E-state index contributed by atoms with van der Waals surface area (Å²) in [6.45, 7) is 14.3. The Balaban J connectivity index is 1.03. The summed E-state index contributed by atoms with van der Waals surface area (Å²) >= 11 is 0. The fraction of sp³-hybridized carbons (Fsp3) is 0.943. The van der Waals surface area contributed by atoms with Crippen molar-refractivity contribution in [2.24, 2.45) is 45.3 Å². The lowest BCUT2D eigenvalue weighted by Gasteiger charge is -2.69. The average molecular weight is 1080 g/mol. The molecule has 75 heavy (non-hydrogen) atoms. The molecule has 4 unspecified atom stereocenters. The van der Waals surface area contributed by atoms with Crippen molar-refractivity contribution in [3.8, 4) is 0 Å². The topological polar surface area (TPSA) is 354 Å². The number of allylic oxidation sites excluding steroid dienone is 2. The van der Waals surface area contributed by atoms with E-state index in [2.05, 4.69) is 34.6 Å². The summed E-state index contributed by atoms with van der Waals surface area (Å²) in [5.41, 5.74) is -2.40. The second-order valence-corrected chi connectivity index (χ2v) is 25.0. The van der Waals surface area contributed by atoms with Gasteiger partial charge in [-0.05, 0) is 106 Å². The Bertz CT molecular complexity index is 1990. The molecule has 22 heteroatoms. The normalized spacial score (nSPS) is 51.8. The number of fused-ring (bicyclic) bond motifs is 5. The Morgan fingerprint density at radius 2 is 1.21 bits per heavy atom. The summed E-state index contributed by atoms with van der Waals surface area (Å²) < 4.78 is 48.9. The maximum Gasteiger partial charge on any atom is 0.187 e. The van der Waals surface area contributed by atoms with Gasteiger partial charge < -0.3 is 104 Å². The first-order valence-electron chi connectivity index (χ1n) is 27.2. The van der Waals surface area contributed by atoms with E-state index in [1.807, 2.05) is 19.9 Å². The quantitative estimate of drug-likeness (QED) is 0.0666. The van der Waals surface area contributed by atoms with Gasteiger partial charge in [-0.3, -0.25) is 4.79 Å². The minimum Gasteiger partial charge on any atom is -0.394 e. The van der Waals surface area contributed by atoms with Gasteiger partial charge in [-0.1, -0.05) is 46.3 Å². The van der Waals surface area contributed by atoms with Crippen LogP contribution in [0.2, 0.25) is 0 Å². The molecule has 0 spiro atoms. The van der Waals surface area contributed by atoms with Crippen LogP contribution in [0.3, 0.4) is 0 Å². The average Bonchev–Trinajstić information content (AvgIpc) is 3.75. The number of hydrogen-bond acceptors (Lipinski definition) is 22. The molecular weight excluding hydrogens is 989 g/mol. The molecule has 0 radical (unpaired) electrons. The lowest BCUT2D eigenvalue weighted by Crippen LogP contribution is -2.67. The van der Waals surface area contributed by atoms with E-state index in [9.17, 15) is 66.4 Å². The molecule has 0 aromatic rings. The molecule has 4 aliphatic heterocycles. The molecule has 0 aromatic carbocycles. The van der Waals surface area contributed by atoms with Crippen LogP contribution in [0.4, 0.5) is 0 Å². The maximum absolute atomic E-state index is 15.2. The Morgan fingerprint density at radius 1 is 0.653 bits per heavy atom. The molecule has 4 saturated carbocycles. The van der Waals surface area contributed by atoms with Gasteiger partial charge in [0, 0.05) is 18.3 Å². The van der Waals surface area contributed by atoms with Gasteiger partial charge >= 0.3 is 0 Å². The summed E-state index contributed by atoms with van der Waals surface area (Å²) in [6.07, 6.45) is -23.1. The van der Waals surface area contributed by atoms with Crippen LogP contribution in [0, 0.1) is 45.3 Å². The number of ketones is 1. The summed E-state index contributed by atoms with van der Waals surface area (Å²) in [4.78, 5) is 15.2. The smallest absolute Gasteiger partial charge is 0.187 e. The van der Waals surface area contributed by atoms with E-state index in [0.29, 0.717) is 32.1 Å². The van der Waals surface area contributed by atoms with Crippen molar-refractivity contribution in [1.29, 1.82) is 0 Å². The van der Waals surface area contributed by atoms with Crippen LogP contribution in [0.5, 0.6) is 0 Å². The molecule has 8 aliphatic rings. The highest BCUT2D eigenvalue weighted by Gasteiger charge is 2.72. The minimum atomic E-state index is -1.85. The molecule has 13 N–H and O–H groups in total. The highest BCUT2D eigenvalue weighted by Crippen LogP contribution is 2.75. The number of carbonyl (C=O) groups is 1. The van der Waals surface area contributed by atoms with Crippen LogP contribution in [0.1, 0.15) is 113 Å². The highest BCUT2D eigenvalue weighted by molar-refractivity contribution is 5.84. The largest absolute Gasteiger partial charge is 0.394 e. The van der Waals surface area contributed by atoms with Crippen LogP contribution in [0.15, 0.2) is 11.6 Å². The van der Waals surface area contributed by atoms with E-state index in [4.69, 9.17) is 37.9 Å². The zero-order chi connectivity index (χ0) is 55.1. The highest BCUT2D eigenvalue weighted by atomic mass is 16.8. The Morgan fingerprint density at radius 3 is 1.83 bits per heavy atom. The number of rotatable bonds is 15. The summed E-state index contributed by atoms with van der Waals surface area (Å²) in [7, 11) is 0. The third-order valence-corrected chi connectivity index (χ3v) is 20.2. The van der Waals surface area contributed by atoms with Gasteiger partial charge in [0.2, 0.25) is 0 Å². The van der Waals surface area contributed by atoms with Crippen molar-refractivity contribution in [1.82, 2.24) is 0 Å². The molecule has 432 valence electrons. The molecule has 4 saturated heterocycles. The third kappa shape index (κ3) is 10.5. The van der Waals surface area contributed by atoms with Crippen molar-refractivity contribution in [3.63, 3.8) is 0 Å². The maximum atomic E-state index is 15.2. The zero-order valence-electron chi connectivity index (χ0n) is 44.6. The van der Waals surface area contributed by atoms with E-state index in [0.717, 1.165) is 18.4 Å². The van der Waals surface area contributed by atoms with E-state index >= 15 is 4.79 Å². The van der Waals surface area contributed by atoms with Gasteiger partial charge in [0.1, 0.15) is 91.2 Å². The zero-order valence-corrected chi connectivity index (χ0v) is 44.6. The first-order valence-corrected chi connectivity index (χ1v) is 27.2. The third-order valence-electron chi connectivity index (χ3n) is 20.2. The Labute approximate surface area is 438 Å². The lowest BCUT2D eigenvalue weighted by atomic mass is 9.35. The van der Waals surface area contributed by atoms with Gasteiger partial charge in [-0.15, -0.1) is 0 Å². The van der Waals surface area contributed by atoms with Gasteiger partial charge in [0.05, 0.1) is 44.2 Å². The number of carbonyl (C=O) groups excluding carboxylic acids is 1. The Kier molecular flexibility index (Phi) is 17.9. The van der Waals surface area contributed by atoms with Crippen molar-refractivity contribution >= 4 is 5.78 Å². The number of Topliss-reactive ketones (excluding diaryl/α,β-unsaturated/α-hetero) is 1. The number of ether oxygens (including phenoxy) is 8. The van der Waals surface area contributed by atoms with E-state index in [-0.39, 0.29) is 54.5 Å². The minimum absolute atomic E-state index is 0.00406. The van der Waals surface area contributed by atoms with Crippen LogP contribution in [0.25, 0.3) is 0 Å². The van der Waals surface area contributed by atoms with Gasteiger partial charge in [0.25, 0.3) is 0 Å². The van der Waals surface area contributed by atoms with Crippen LogP contribution in [-0.4, -0.2) is 227 Å². The van der Waals surface area contributed by atoms with Crippen molar-refractivity contribution in [2.75, 3.05) is 26.4 Å². The van der Waals surface area contributed by atoms with E-state index in [1.54, 1.807) is 0 Å². The summed E-state index contributed by atoms with van der Waals surface area (Å²) in [6, 6.07) is 0. The molecule has 0 aromatic heterocycles. The molecule has 4 aliphatic carbocycles. The second kappa shape index (κ2) is 22.5. The second-order valence-electron chi connectivity index (χ2n) is 25.0. The predicted octanol–water partition coefficient (Wildman–Crippen LogP) is -1.36. The van der Waals surface area contributed by atoms with Crippen molar-refractivity contribution in [3.05, 3.63) is 11.6 Å². The standard InChI is InChI=1S/C53H88O22/c1-23(2)10-9-14-53(67,22-69-45-40(64)38(62)35(59)28(19-54)71-45)25-11-16-52(8)33(25)26(56)18-31-50(6)15-13-32(49(4,5)30(50)12-17-51(31,52)7)73-48-44(75-46-41(65)37(61)34(58)24(3)70-46)43(27(57)21-68-48)74-47-42(66)39(63)36(60)29(20-55)72-47/h10,24-25,27-48,54-55,57-67H,9,11-22H2,1-8H3/t24-,25?,27+,28+,29+,30?,31?,32-,33?,34-,35+,36+,37+,38-,39-,40+,41+,42+,43-,44+,45+,46-,47-,48-,50-,51+,52+,53+/m0/s1. The van der Waals surface area contributed by atoms with Gasteiger partial charge in [-0.2, -0.15) is 0 Å². The fourth-order valence-electron chi connectivity index (χ4n) is 15.6. The van der Waals surface area contributed by atoms with Crippen molar-refractivity contribution in [2.45, 2.75) is 242 Å². The molecule has 22 nitrogen and oxygen atoms in total. The van der Waals surface area contributed by atoms with Crippen LogP contribution in [-0.2, 0) is 42.7 Å². The first-order chi connectivity index (χ1) is 35.1. The first kappa shape index (κ1) is 59.7. The number of hydrogen-bond donors (Lipinski definition) is 13. The number of aliphatic hydroxyl groups excluding tert-OH is 12. The summed E-state index contributed by atoms with van der Waals surface area (Å²) in [5, 5.41) is 140. The Hall–Kier alpha value is -1.43. The monoisotopic (exact) mass is 1080 g/mol. The molecule has 4 heterocycles. The van der Waals surface area contributed by atoms with Crippen molar-refractivity contribution < 1.29 is 109 Å². The molecule has 0 bridgehead atoms.